The van der Waals surface area contributed by atoms with Crippen molar-refractivity contribution >= 4 is 11.6 Å². The molecule has 0 amide bonds. The lowest BCUT2D eigenvalue weighted by Gasteiger charge is -2.23. The van der Waals surface area contributed by atoms with Gasteiger partial charge in [0.1, 0.15) is 11.5 Å². The highest BCUT2D eigenvalue weighted by Crippen LogP contribution is 2.52. The summed E-state index contributed by atoms with van der Waals surface area (Å²) in [7, 11) is 2.37. The van der Waals surface area contributed by atoms with Crippen LogP contribution in [0.3, 0.4) is 0 Å². The summed E-state index contributed by atoms with van der Waals surface area (Å²) >= 11 is 0. The van der Waals surface area contributed by atoms with E-state index in [9.17, 15) is 30.0 Å². The van der Waals surface area contributed by atoms with Crippen molar-refractivity contribution in [2.75, 3.05) is 14.2 Å². The van der Waals surface area contributed by atoms with Gasteiger partial charge >= 0.3 is 0 Å². The van der Waals surface area contributed by atoms with E-state index < -0.39 is 39.9 Å². The van der Waals surface area contributed by atoms with E-state index in [4.69, 9.17) is 9.47 Å². The number of ketones is 2. The number of carbonyl (C=O) groups excluding carboxylic acids is 2. The summed E-state index contributed by atoms with van der Waals surface area (Å²) in [5, 5.41) is 40.8. The molecule has 2 aromatic carbocycles. The highest BCUT2D eigenvalue weighted by atomic mass is 16.5. The molecule has 130 valence electrons. The molecule has 3 rings (SSSR count). The second-order valence-electron chi connectivity index (χ2n) is 5.46. The average Bonchev–Trinajstić information content (AvgIpc) is 2.58. The molecule has 0 aliphatic heterocycles. The molecule has 0 unspecified atom stereocenters. The first-order chi connectivity index (χ1) is 11.8. The third-order valence-corrected chi connectivity index (χ3v) is 4.22. The monoisotopic (exact) mass is 346 g/mol. The molecule has 8 nitrogen and oxygen atoms in total. The number of carbonyl (C=O) groups is 2. The molecule has 0 radical (unpaired) electrons. The molecule has 0 spiro atoms. The van der Waals surface area contributed by atoms with Crippen LogP contribution in [0, 0.1) is 6.92 Å². The fraction of sp³-hybridized carbons (Fsp3) is 0.176. The Kier molecular flexibility index (Phi) is 3.49. The Labute approximate surface area is 141 Å². The summed E-state index contributed by atoms with van der Waals surface area (Å²) < 4.78 is 9.91. The van der Waals surface area contributed by atoms with Crippen molar-refractivity contribution < 1.29 is 39.5 Å². The Morgan fingerprint density at radius 2 is 1.24 bits per heavy atom. The SMILES string of the molecule is COc1c(O)c2c(c(O)c1OC)C(=O)c1c(cc(O)c(C)c1O)C2=O. The lowest BCUT2D eigenvalue weighted by molar-refractivity contribution is 0.0970. The molecular weight excluding hydrogens is 332 g/mol. The number of phenols is 4. The van der Waals surface area contributed by atoms with Crippen LogP contribution in [-0.4, -0.2) is 46.2 Å². The number of rotatable bonds is 2. The van der Waals surface area contributed by atoms with E-state index in [0.717, 1.165) is 6.07 Å². The second-order valence-corrected chi connectivity index (χ2v) is 5.46. The van der Waals surface area contributed by atoms with Crippen LogP contribution in [0.25, 0.3) is 0 Å². The first-order valence-corrected chi connectivity index (χ1v) is 7.10. The Hall–Kier alpha value is -3.42. The molecule has 4 N–H and O–H groups in total. The first kappa shape index (κ1) is 16.4. The van der Waals surface area contributed by atoms with Gasteiger partial charge in [-0.2, -0.15) is 0 Å². The smallest absolute Gasteiger partial charge is 0.207 e. The lowest BCUT2D eigenvalue weighted by Crippen LogP contribution is -2.22. The topological polar surface area (TPSA) is 134 Å². The lowest BCUT2D eigenvalue weighted by atomic mass is 9.81. The molecule has 0 heterocycles. The van der Waals surface area contributed by atoms with E-state index in [1.54, 1.807) is 0 Å². The normalized spacial score (nSPS) is 12.6. The van der Waals surface area contributed by atoms with Crippen LogP contribution in [0.4, 0.5) is 0 Å². The van der Waals surface area contributed by atoms with Crippen molar-refractivity contribution in [1.29, 1.82) is 0 Å². The van der Waals surface area contributed by atoms with E-state index >= 15 is 0 Å². The van der Waals surface area contributed by atoms with Crippen molar-refractivity contribution in [1.82, 2.24) is 0 Å². The van der Waals surface area contributed by atoms with Gasteiger partial charge in [-0.15, -0.1) is 0 Å². The van der Waals surface area contributed by atoms with Gasteiger partial charge in [-0.05, 0) is 13.0 Å². The Morgan fingerprint density at radius 1 is 0.760 bits per heavy atom. The van der Waals surface area contributed by atoms with Crippen LogP contribution >= 0.6 is 0 Å². The van der Waals surface area contributed by atoms with Crippen LogP contribution in [0.5, 0.6) is 34.5 Å². The number of benzene rings is 2. The number of hydrogen-bond donors (Lipinski definition) is 4. The van der Waals surface area contributed by atoms with Crippen LogP contribution in [0.15, 0.2) is 6.07 Å². The van der Waals surface area contributed by atoms with Crippen molar-refractivity contribution in [2.24, 2.45) is 0 Å². The Morgan fingerprint density at radius 3 is 1.72 bits per heavy atom. The number of hydrogen-bond acceptors (Lipinski definition) is 8. The van der Waals surface area contributed by atoms with Crippen LogP contribution in [0.1, 0.15) is 37.4 Å². The zero-order valence-corrected chi connectivity index (χ0v) is 13.5. The number of aromatic hydroxyl groups is 4. The van der Waals surface area contributed by atoms with E-state index in [0.29, 0.717) is 0 Å². The minimum Gasteiger partial charge on any atom is -0.508 e. The van der Waals surface area contributed by atoms with Gasteiger partial charge in [0.2, 0.25) is 17.3 Å². The van der Waals surface area contributed by atoms with Crippen LogP contribution in [-0.2, 0) is 0 Å². The number of fused-ring (bicyclic) bond motifs is 2. The summed E-state index contributed by atoms with van der Waals surface area (Å²) in [5.74, 6) is -4.72. The van der Waals surface area contributed by atoms with Gasteiger partial charge in [-0.25, -0.2) is 0 Å². The van der Waals surface area contributed by atoms with Gasteiger partial charge in [0.15, 0.2) is 17.3 Å². The molecule has 1 aliphatic rings. The largest absolute Gasteiger partial charge is 0.508 e. The van der Waals surface area contributed by atoms with Gasteiger partial charge in [-0.1, -0.05) is 0 Å². The van der Waals surface area contributed by atoms with E-state index in [2.05, 4.69) is 0 Å². The summed E-state index contributed by atoms with van der Waals surface area (Å²) in [4.78, 5) is 25.6. The Bertz CT molecular complexity index is 958. The number of phenolic OH excluding ortho intramolecular Hbond substituents is 4. The van der Waals surface area contributed by atoms with Gasteiger partial charge in [0, 0.05) is 11.1 Å². The maximum absolute atomic E-state index is 12.8. The van der Waals surface area contributed by atoms with Crippen molar-refractivity contribution in [3.8, 4) is 34.5 Å². The van der Waals surface area contributed by atoms with Gasteiger partial charge < -0.3 is 29.9 Å². The molecule has 8 heteroatoms. The van der Waals surface area contributed by atoms with Crippen LogP contribution in [0.2, 0.25) is 0 Å². The maximum atomic E-state index is 12.8. The van der Waals surface area contributed by atoms with Crippen molar-refractivity contribution in [3.63, 3.8) is 0 Å². The molecule has 0 bridgehead atoms. The quantitative estimate of drug-likeness (QED) is 0.514. The molecule has 25 heavy (non-hydrogen) atoms. The third kappa shape index (κ3) is 1.94. The summed E-state index contributed by atoms with van der Waals surface area (Å²) in [6.07, 6.45) is 0. The average molecular weight is 346 g/mol. The van der Waals surface area contributed by atoms with Crippen LogP contribution < -0.4 is 9.47 Å². The zero-order valence-electron chi connectivity index (χ0n) is 13.5. The fourth-order valence-corrected chi connectivity index (χ4v) is 2.92. The molecule has 0 atom stereocenters. The van der Waals surface area contributed by atoms with E-state index in [1.807, 2.05) is 0 Å². The van der Waals surface area contributed by atoms with E-state index in [1.165, 1.54) is 21.1 Å². The Balaban J connectivity index is 2.47. The molecule has 2 aromatic rings. The molecule has 0 saturated heterocycles. The first-order valence-electron chi connectivity index (χ1n) is 7.10. The van der Waals surface area contributed by atoms with Gasteiger partial charge in [-0.3, -0.25) is 9.59 Å². The fourth-order valence-electron chi connectivity index (χ4n) is 2.92. The summed E-state index contributed by atoms with van der Waals surface area (Å²) in [5.41, 5.74) is -1.65. The number of ether oxygens (including phenoxy) is 2. The maximum Gasteiger partial charge on any atom is 0.207 e. The van der Waals surface area contributed by atoms with Gasteiger partial charge in [0.25, 0.3) is 0 Å². The molecular formula is C17H14O8. The second kappa shape index (κ2) is 5.30. The molecule has 0 aromatic heterocycles. The highest BCUT2D eigenvalue weighted by molar-refractivity contribution is 6.32. The molecule has 0 fully saturated rings. The minimum atomic E-state index is -0.890. The predicted octanol–water partition coefficient (Wildman–Crippen LogP) is 1.61. The van der Waals surface area contributed by atoms with Crippen molar-refractivity contribution in [3.05, 3.63) is 33.9 Å². The van der Waals surface area contributed by atoms with E-state index in [-0.39, 0.29) is 33.9 Å². The summed E-state index contributed by atoms with van der Waals surface area (Å²) in [6.45, 7) is 1.37. The highest BCUT2D eigenvalue weighted by Gasteiger charge is 2.41. The summed E-state index contributed by atoms with van der Waals surface area (Å²) in [6, 6.07) is 1.03. The predicted molar refractivity (Wildman–Crippen MR) is 84.2 cm³/mol. The number of methoxy groups -OCH3 is 2. The van der Waals surface area contributed by atoms with Crippen molar-refractivity contribution in [2.45, 2.75) is 6.92 Å². The minimum absolute atomic E-state index is 0.00698. The molecule has 1 aliphatic carbocycles. The third-order valence-electron chi connectivity index (χ3n) is 4.22. The van der Waals surface area contributed by atoms with Gasteiger partial charge in [0.05, 0.1) is 30.9 Å². The molecule has 0 saturated carbocycles. The zero-order chi connectivity index (χ0) is 18.6. The standard InChI is InChI=1S/C17H14O8/c1-5-7(18)4-6-8(11(5)19)13(21)10-9(12(6)20)14(22)16(24-2)17(25-3)15(10)23/h4,18-19,22-23H,1-3H3.